The van der Waals surface area contributed by atoms with Crippen LogP contribution in [0.3, 0.4) is 0 Å². The Kier molecular flexibility index (Phi) is 8.84. The van der Waals surface area contributed by atoms with Gasteiger partial charge in [0.1, 0.15) is 0 Å². The second-order valence-corrected chi connectivity index (χ2v) is 6.64. The topological polar surface area (TPSA) is 52.6 Å². The second-order valence-electron chi connectivity index (χ2n) is 6.64. The summed E-state index contributed by atoms with van der Waals surface area (Å²) >= 11 is 0. The van der Waals surface area contributed by atoms with Crippen molar-refractivity contribution >= 4 is 35.6 Å². The molecule has 0 aliphatic carbocycles. The van der Waals surface area contributed by atoms with Gasteiger partial charge in [-0.3, -0.25) is 9.98 Å². The van der Waals surface area contributed by atoms with Crippen LogP contribution < -0.4 is 15.5 Å². The molecular formula is C21H30IN5. The summed E-state index contributed by atoms with van der Waals surface area (Å²) in [4.78, 5) is 11.6. The molecule has 0 amide bonds. The van der Waals surface area contributed by atoms with Gasteiger partial charge in [0.25, 0.3) is 0 Å². The number of nitrogens with one attached hydrogen (secondary N) is 2. The molecule has 1 atom stereocenters. The predicted octanol–water partition coefficient (Wildman–Crippen LogP) is 3.25. The number of anilines is 1. The first-order chi connectivity index (χ1) is 12.8. The predicted molar refractivity (Wildman–Crippen MR) is 124 cm³/mol. The largest absolute Gasteiger partial charge is 0.366 e. The van der Waals surface area contributed by atoms with Crippen LogP contribution in [0.2, 0.25) is 0 Å². The Morgan fingerprint density at radius 3 is 2.78 bits per heavy atom. The number of fused-ring (bicyclic) bond motifs is 1. The molecule has 2 heterocycles. The summed E-state index contributed by atoms with van der Waals surface area (Å²) in [6, 6.07) is 15.1. The highest BCUT2D eigenvalue weighted by Crippen LogP contribution is 2.29. The maximum atomic E-state index is 4.79. The quantitative estimate of drug-likeness (QED) is 0.364. The van der Waals surface area contributed by atoms with Crippen LogP contribution in [-0.4, -0.2) is 43.2 Å². The van der Waals surface area contributed by atoms with Crippen LogP contribution in [0, 0.1) is 0 Å². The van der Waals surface area contributed by atoms with E-state index in [-0.39, 0.29) is 24.0 Å². The van der Waals surface area contributed by atoms with Gasteiger partial charge in [-0.05, 0) is 44.0 Å². The monoisotopic (exact) mass is 479 g/mol. The normalized spacial score (nSPS) is 14.3. The Morgan fingerprint density at radius 2 is 2.00 bits per heavy atom. The summed E-state index contributed by atoms with van der Waals surface area (Å²) in [5.74, 6) is 0.878. The minimum Gasteiger partial charge on any atom is -0.366 e. The van der Waals surface area contributed by atoms with E-state index in [1.807, 2.05) is 18.3 Å². The maximum Gasteiger partial charge on any atom is 0.191 e. The number of nitrogens with zero attached hydrogens (tertiary/aromatic N) is 3. The molecule has 2 N–H and O–H groups in total. The van der Waals surface area contributed by atoms with Crippen molar-refractivity contribution in [3.63, 3.8) is 0 Å². The Morgan fingerprint density at radius 1 is 1.19 bits per heavy atom. The molecule has 0 fully saturated rings. The van der Waals surface area contributed by atoms with E-state index in [1.54, 1.807) is 0 Å². The van der Waals surface area contributed by atoms with E-state index < -0.39 is 0 Å². The molecule has 1 aromatic heterocycles. The van der Waals surface area contributed by atoms with Crippen molar-refractivity contribution in [3.8, 4) is 0 Å². The third-order valence-corrected chi connectivity index (χ3v) is 4.71. The van der Waals surface area contributed by atoms with Gasteiger partial charge in [-0.2, -0.15) is 0 Å². The van der Waals surface area contributed by atoms with Gasteiger partial charge < -0.3 is 15.5 Å². The lowest BCUT2D eigenvalue weighted by molar-refractivity contribution is 0.657. The van der Waals surface area contributed by atoms with Gasteiger partial charge in [0, 0.05) is 49.7 Å². The number of halogens is 1. The fourth-order valence-electron chi connectivity index (χ4n) is 3.34. The minimum absolute atomic E-state index is 0. The summed E-state index contributed by atoms with van der Waals surface area (Å²) in [6.07, 6.45) is 3.86. The summed E-state index contributed by atoms with van der Waals surface area (Å²) < 4.78 is 0. The number of pyridine rings is 1. The lowest BCUT2D eigenvalue weighted by Gasteiger charge is -2.26. The van der Waals surface area contributed by atoms with E-state index in [4.69, 9.17) is 4.99 Å². The van der Waals surface area contributed by atoms with Crippen LogP contribution >= 0.6 is 24.0 Å². The van der Waals surface area contributed by atoms with Gasteiger partial charge in [-0.25, -0.2) is 0 Å². The average molecular weight is 479 g/mol. The Bertz CT molecular complexity index is 720. The molecule has 5 nitrogen and oxygen atoms in total. The van der Waals surface area contributed by atoms with E-state index in [2.05, 4.69) is 64.7 Å². The molecule has 0 saturated heterocycles. The Labute approximate surface area is 179 Å². The van der Waals surface area contributed by atoms with Crippen LogP contribution in [0.25, 0.3) is 0 Å². The zero-order valence-corrected chi connectivity index (χ0v) is 18.5. The molecule has 1 aliphatic heterocycles. The molecule has 1 aromatic carbocycles. The molecule has 1 unspecified atom stereocenters. The van der Waals surface area contributed by atoms with Crippen LogP contribution in [0.5, 0.6) is 0 Å². The first kappa shape index (κ1) is 21.5. The van der Waals surface area contributed by atoms with E-state index >= 15 is 0 Å². The average Bonchev–Trinajstić information content (AvgIpc) is 3.11. The maximum absolute atomic E-state index is 4.79. The molecule has 0 bridgehead atoms. The highest BCUT2D eigenvalue weighted by atomic mass is 127. The molecule has 0 spiro atoms. The number of guanidine groups is 1. The zero-order valence-electron chi connectivity index (χ0n) is 16.2. The number of hydrogen-bond acceptors (Lipinski definition) is 3. The minimum atomic E-state index is 0. The smallest absolute Gasteiger partial charge is 0.191 e. The van der Waals surface area contributed by atoms with Crippen molar-refractivity contribution in [2.75, 3.05) is 31.1 Å². The van der Waals surface area contributed by atoms with Gasteiger partial charge in [-0.15, -0.1) is 24.0 Å². The number of rotatable bonds is 7. The van der Waals surface area contributed by atoms with Gasteiger partial charge >= 0.3 is 0 Å². The highest BCUT2D eigenvalue weighted by Gasteiger charge is 2.22. The molecule has 6 heteroatoms. The van der Waals surface area contributed by atoms with Crippen molar-refractivity contribution in [1.82, 2.24) is 15.6 Å². The molecule has 27 heavy (non-hydrogen) atoms. The fourth-order valence-corrected chi connectivity index (χ4v) is 3.34. The third kappa shape index (κ3) is 6.09. The lowest BCUT2D eigenvalue weighted by atomic mass is 10.2. The van der Waals surface area contributed by atoms with E-state index in [9.17, 15) is 0 Å². The van der Waals surface area contributed by atoms with Crippen LogP contribution in [0.1, 0.15) is 25.1 Å². The number of aliphatic imine (C=N–C) groups is 1. The van der Waals surface area contributed by atoms with Crippen molar-refractivity contribution < 1.29 is 0 Å². The summed E-state index contributed by atoms with van der Waals surface area (Å²) in [5, 5.41) is 6.75. The number of benzene rings is 1. The van der Waals surface area contributed by atoms with Gasteiger partial charge in [-0.1, -0.05) is 24.3 Å². The molecule has 0 saturated carbocycles. The Balaban J connectivity index is 0.00000261. The van der Waals surface area contributed by atoms with Gasteiger partial charge in [0.15, 0.2) is 5.96 Å². The van der Waals surface area contributed by atoms with Gasteiger partial charge in [0.05, 0.1) is 6.54 Å². The molecule has 1 aliphatic rings. The molecule has 2 aromatic rings. The third-order valence-electron chi connectivity index (χ3n) is 4.71. The zero-order chi connectivity index (χ0) is 18.2. The van der Waals surface area contributed by atoms with E-state index in [0.29, 0.717) is 6.04 Å². The first-order valence-electron chi connectivity index (χ1n) is 9.54. The number of hydrogen-bond donors (Lipinski definition) is 2. The van der Waals surface area contributed by atoms with Crippen LogP contribution in [0.4, 0.5) is 5.69 Å². The van der Waals surface area contributed by atoms with Crippen LogP contribution in [0.15, 0.2) is 53.7 Å². The molecule has 0 radical (unpaired) electrons. The fraction of sp³-hybridized carbons (Fsp3) is 0.429. The van der Waals surface area contributed by atoms with Gasteiger partial charge in [0.2, 0.25) is 0 Å². The Hall–Kier alpha value is -1.83. The molecule has 3 rings (SSSR count). The lowest BCUT2D eigenvalue weighted by Crippen LogP contribution is -2.40. The summed E-state index contributed by atoms with van der Waals surface area (Å²) in [6.45, 7) is 7.88. The summed E-state index contributed by atoms with van der Waals surface area (Å²) in [7, 11) is 0. The molecule has 146 valence electrons. The first-order valence-corrected chi connectivity index (χ1v) is 9.54. The van der Waals surface area contributed by atoms with Crippen LogP contribution in [-0.2, 0) is 12.8 Å². The standard InChI is InChI=1S/C21H29N5.HI/c1-3-22-21(24-14-11-19-9-6-7-13-23-19)25-16-17(2)26-15-12-18-8-4-5-10-20(18)26;/h4-10,13,17H,3,11-12,14-16H2,1-2H3,(H2,22,24,25);1H. The SMILES string of the molecule is CCNC(=NCC(C)N1CCc2ccccc21)NCCc1ccccn1.I. The highest BCUT2D eigenvalue weighted by molar-refractivity contribution is 14.0. The summed E-state index contributed by atoms with van der Waals surface area (Å²) in [5.41, 5.74) is 3.91. The number of aromatic nitrogens is 1. The van der Waals surface area contributed by atoms with E-state index in [1.165, 1.54) is 11.3 Å². The molecular weight excluding hydrogens is 449 g/mol. The van der Waals surface area contributed by atoms with Crippen molar-refractivity contribution in [2.24, 2.45) is 4.99 Å². The number of para-hydroxylation sites is 1. The second kappa shape index (κ2) is 11.1. The van der Waals surface area contributed by atoms with Crippen molar-refractivity contribution in [2.45, 2.75) is 32.7 Å². The van der Waals surface area contributed by atoms with Crippen molar-refractivity contribution in [3.05, 3.63) is 59.9 Å². The van der Waals surface area contributed by atoms with Crippen molar-refractivity contribution in [1.29, 1.82) is 0 Å². The van der Waals surface area contributed by atoms with E-state index in [0.717, 1.165) is 50.7 Å².